The Morgan fingerprint density at radius 1 is 1.04 bits per heavy atom. The third-order valence-corrected chi connectivity index (χ3v) is 4.40. The smallest absolute Gasteiger partial charge is 0.266 e. The zero-order chi connectivity index (χ0) is 16.8. The van der Waals surface area contributed by atoms with Gasteiger partial charge in [0.2, 0.25) is 0 Å². The fourth-order valence-corrected chi connectivity index (χ4v) is 2.81. The average molecular weight is 359 g/mol. The lowest BCUT2D eigenvalue weighted by atomic mass is 10.1. The van der Waals surface area contributed by atoms with E-state index in [1.54, 1.807) is 18.2 Å². The molecule has 0 aliphatic carbocycles. The van der Waals surface area contributed by atoms with Gasteiger partial charge in [-0.3, -0.25) is 4.79 Å². The maximum atomic E-state index is 11.9. The van der Waals surface area contributed by atoms with Crippen molar-refractivity contribution in [3.63, 3.8) is 0 Å². The summed E-state index contributed by atoms with van der Waals surface area (Å²) in [4.78, 5) is 12.6. The van der Waals surface area contributed by atoms with Gasteiger partial charge in [0.1, 0.15) is 5.82 Å². The first-order valence-corrected chi connectivity index (χ1v) is 8.63. The van der Waals surface area contributed by atoms with Gasteiger partial charge in [0.05, 0.1) is 4.88 Å². The monoisotopic (exact) mass is 358 g/mol. The number of aromatic nitrogens is 2. The largest absolute Gasteiger partial charge is 0.368 e. The number of hydrogen-bond acceptors (Lipinski definition) is 5. The SMILES string of the molecule is O=C(Nc1ccc(NCCc2ccc(Cl)cc2)nn1)c1cccs1. The maximum absolute atomic E-state index is 11.9. The topological polar surface area (TPSA) is 66.9 Å². The van der Waals surface area contributed by atoms with Crippen molar-refractivity contribution in [2.24, 2.45) is 0 Å². The first kappa shape index (κ1) is 16.4. The van der Waals surface area contributed by atoms with Gasteiger partial charge in [-0.25, -0.2) is 0 Å². The molecule has 2 aromatic heterocycles. The van der Waals surface area contributed by atoms with Gasteiger partial charge < -0.3 is 10.6 Å². The number of benzene rings is 1. The second-order valence-electron chi connectivity index (χ2n) is 5.04. The Morgan fingerprint density at radius 2 is 1.79 bits per heavy atom. The van der Waals surface area contributed by atoms with Gasteiger partial charge in [0.15, 0.2) is 5.82 Å². The normalized spacial score (nSPS) is 10.4. The number of carbonyl (C=O) groups is 1. The molecule has 0 aliphatic rings. The van der Waals surface area contributed by atoms with Crippen LogP contribution >= 0.6 is 22.9 Å². The van der Waals surface area contributed by atoms with E-state index < -0.39 is 0 Å². The third-order valence-electron chi connectivity index (χ3n) is 3.28. The van der Waals surface area contributed by atoms with Crippen LogP contribution in [0.5, 0.6) is 0 Å². The van der Waals surface area contributed by atoms with Crippen LogP contribution in [0.4, 0.5) is 11.6 Å². The molecule has 5 nitrogen and oxygen atoms in total. The molecule has 0 spiro atoms. The Labute approximate surface area is 148 Å². The molecule has 7 heteroatoms. The van der Waals surface area contributed by atoms with Crippen LogP contribution in [0.25, 0.3) is 0 Å². The number of nitrogens with zero attached hydrogens (tertiary/aromatic N) is 2. The minimum Gasteiger partial charge on any atom is -0.368 e. The number of rotatable bonds is 6. The van der Waals surface area contributed by atoms with E-state index in [4.69, 9.17) is 11.6 Å². The Balaban J connectivity index is 1.49. The number of amides is 1. The summed E-state index contributed by atoms with van der Waals surface area (Å²) < 4.78 is 0. The fraction of sp³-hybridized carbons (Fsp3) is 0.118. The molecule has 0 saturated heterocycles. The predicted octanol–water partition coefficient (Wildman–Crippen LogP) is 4.10. The summed E-state index contributed by atoms with van der Waals surface area (Å²) in [5, 5.41) is 16.6. The molecule has 2 heterocycles. The second-order valence-corrected chi connectivity index (χ2v) is 6.42. The van der Waals surface area contributed by atoms with Crippen LogP contribution in [-0.2, 0) is 6.42 Å². The summed E-state index contributed by atoms with van der Waals surface area (Å²) in [6.07, 6.45) is 0.857. The van der Waals surface area contributed by atoms with Gasteiger partial charge in [-0.2, -0.15) is 0 Å². The summed E-state index contributed by atoms with van der Waals surface area (Å²) in [5.41, 5.74) is 1.19. The van der Waals surface area contributed by atoms with Gasteiger partial charge in [-0.1, -0.05) is 29.8 Å². The third kappa shape index (κ3) is 4.53. The molecule has 0 radical (unpaired) electrons. The second kappa shape index (κ2) is 7.90. The van der Waals surface area contributed by atoms with E-state index in [-0.39, 0.29) is 5.91 Å². The summed E-state index contributed by atoms with van der Waals surface area (Å²) in [6.45, 7) is 0.733. The van der Waals surface area contributed by atoms with E-state index in [0.717, 1.165) is 18.0 Å². The minimum absolute atomic E-state index is 0.178. The van der Waals surface area contributed by atoms with Crippen LogP contribution in [0.3, 0.4) is 0 Å². The molecule has 1 aromatic carbocycles. The van der Waals surface area contributed by atoms with Crippen molar-refractivity contribution in [3.05, 3.63) is 69.4 Å². The molecular formula is C17H15ClN4OS. The first-order valence-electron chi connectivity index (χ1n) is 7.37. The molecule has 0 aliphatic heterocycles. The van der Waals surface area contributed by atoms with E-state index in [1.807, 2.05) is 35.7 Å². The molecular weight excluding hydrogens is 344 g/mol. The lowest BCUT2D eigenvalue weighted by Gasteiger charge is -2.06. The van der Waals surface area contributed by atoms with Crippen molar-refractivity contribution < 1.29 is 4.79 Å². The van der Waals surface area contributed by atoms with Crippen molar-refractivity contribution in [2.45, 2.75) is 6.42 Å². The number of hydrogen-bond donors (Lipinski definition) is 2. The molecule has 2 N–H and O–H groups in total. The Kier molecular flexibility index (Phi) is 5.40. The van der Waals surface area contributed by atoms with Crippen molar-refractivity contribution in [1.29, 1.82) is 0 Å². The summed E-state index contributed by atoms with van der Waals surface area (Å²) in [6, 6.07) is 14.9. The molecule has 3 rings (SSSR count). The molecule has 3 aromatic rings. The molecule has 0 bridgehead atoms. The number of anilines is 2. The summed E-state index contributed by atoms with van der Waals surface area (Å²) >= 11 is 7.24. The molecule has 122 valence electrons. The molecule has 0 fully saturated rings. The number of carbonyl (C=O) groups excluding carboxylic acids is 1. The average Bonchev–Trinajstić information content (AvgIpc) is 3.13. The zero-order valence-corrected chi connectivity index (χ0v) is 14.3. The fourth-order valence-electron chi connectivity index (χ4n) is 2.06. The van der Waals surface area contributed by atoms with E-state index in [0.29, 0.717) is 16.5 Å². The first-order chi connectivity index (χ1) is 11.7. The van der Waals surface area contributed by atoms with E-state index in [9.17, 15) is 4.79 Å². The van der Waals surface area contributed by atoms with Crippen LogP contribution in [0.2, 0.25) is 5.02 Å². The minimum atomic E-state index is -0.178. The summed E-state index contributed by atoms with van der Waals surface area (Å²) in [5.74, 6) is 0.914. The quantitative estimate of drug-likeness (QED) is 0.696. The van der Waals surface area contributed by atoms with Crippen molar-refractivity contribution >= 4 is 40.5 Å². The van der Waals surface area contributed by atoms with Crippen molar-refractivity contribution in [3.8, 4) is 0 Å². The molecule has 0 saturated carbocycles. The van der Waals surface area contributed by atoms with Crippen molar-refractivity contribution in [2.75, 3.05) is 17.2 Å². The Morgan fingerprint density at radius 3 is 2.46 bits per heavy atom. The van der Waals surface area contributed by atoms with Crippen LogP contribution < -0.4 is 10.6 Å². The van der Waals surface area contributed by atoms with Gasteiger partial charge in [0.25, 0.3) is 5.91 Å². The molecule has 0 atom stereocenters. The highest BCUT2D eigenvalue weighted by atomic mass is 35.5. The van der Waals surface area contributed by atoms with Gasteiger partial charge in [0, 0.05) is 11.6 Å². The van der Waals surface area contributed by atoms with Crippen LogP contribution in [0, 0.1) is 0 Å². The Hall–Kier alpha value is -2.44. The van der Waals surface area contributed by atoms with E-state index in [1.165, 1.54) is 16.9 Å². The van der Waals surface area contributed by atoms with Crippen molar-refractivity contribution in [1.82, 2.24) is 10.2 Å². The van der Waals surface area contributed by atoms with Crippen LogP contribution in [-0.4, -0.2) is 22.6 Å². The highest BCUT2D eigenvalue weighted by Gasteiger charge is 2.07. The highest BCUT2D eigenvalue weighted by Crippen LogP contribution is 2.13. The number of thiophene rings is 1. The van der Waals surface area contributed by atoms with E-state index >= 15 is 0 Å². The predicted molar refractivity (Wildman–Crippen MR) is 97.9 cm³/mol. The van der Waals surface area contributed by atoms with E-state index in [2.05, 4.69) is 20.8 Å². The van der Waals surface area contributed by atoms with Crippen LogP contribution in [0.15, 0.2) is 53.9 Å². The van der Waals surface area contributed by atoms with Crippen LogP contribution in [0.1, 0.15) is 15.2 Å². The van der Waals surface area contributed by atoms with Gasteiger partial charge in [-0.05, 0) is 47.7 Å². The molecule has 24 heavy (non-hydrogen) atoms. The number of nitrogens with one attached hydrogen (secondary N) is 2. The standard InChI is InChI=1S/C17H15ClN4OS/c18-13-5-3-12(4-6-13)9-10-19-15-7-8-16(22-21-15)20-17(23)14-2-1-11-24-14/h1-8,11H,9-10H2,(H,19,21)(H,20,22,23). The number of halogens is 1. The maximum Gasteiger partial charge on any atom is 0.266 e. The lowest BCUT2D eigenvalue weighted by molar-refractivity contribution is 0.103. The van der Waals surface area contributed by atoms with Gasteiger partial charge in [-0.15, -0.1) is 21.5 Å². The Bertz CT molecular complexity index is 788. The molecule has 1 amide bonds. The summed E-state index contributed by atoms with van der Waals surface area (Å²) in [7, 11) is 0. The van der Waals surface area contributed by atoms with Gasteiger partial charge >= 0.3 is 0 Å². The zero-order valence-electron chi connectivity index (χ0n) is 12.7. The lowest BCUT2D eigenvalue weighted by Crippen LogP contribution is -2.12. The highest BCUT2D eigenvalue weighted by molar-refractivity contribution is 7.12. The molecule has 0 unspecified atom stereocenters.